The molecule has 0 fully saturated rings. The van der Waals surface area contributed by atoms with Crippen LogP contribution in [0.3, 0.4) is 0 Å². The van der Waals surface area contributed by atoms with Crippen LogP contribution in [0.1, 0.15) is 17.9 Å². The Morgan fingerprint density at radius 2 is 2.08 bits per heavy atom. The molecule has 2 aromatic heterocycles. The molecule has 0 saturated heterocycles. The van der Waals surface area contributed by atoms with Crippen molar-refractivity contribution in [2.45, 2.75) is 19.4 Å². The van der Waals surface area contributed by atoms with Crippen molar-refractivity contribution in [2.75, 3.05) is 6.79 Å². The van der Waals surface area contributed by atoms with Crippen LogP contribution in [0.4, 0.5) is 0 Å². The molecule has 1 amide bonds. The first kappa shape index (κ1) is 16.1. The topological polar surface area (TPSA) is 99.4 Å². The van der Waals surface area contributed by atoms with Gasteiger partial charge in [0.2, 0.25) is 24.5 Å². The van der Waals surface area contributed by atoms with E-state index in [1.165, 1.54) is 0 Å². The summed E-state index contributed by atoms with van der Waals surface area (Å²) in [5, 5.41) is 10.8. The molecule has 0 radical (unpaired) electrons. The Kier molecular flexibility index (Phi) is 4.46. The first-order valence-electron chi connectivity index (χ1n) is 8.16. The summed E-state index contributed by atoms with van der Waals surface area (Å²) in [4.78, 5) is 16.0. The normalized spacial score (nSPS) is 12.2. The highest BCUT2D eigenvalue weighted by Gasteiger charge is 2.14. The summed E-state index contributed by atoms with van der Waals surface area (Å²) in [5.41, 5.74) is 1.69. The minimum absolute atomic E-state index is 0.0937. The Morgan fingerprint density at radius 3 is 2.96 bits per heavy atom. The molecule has 0 atom stereocenters. The summed E-state index contributed by atoms with van der Waals surface area (Å²) >= 11 is 0. The second-order valence-electron chi connectivity index (χ2n) is 5.71. The molecule has 1 aromatic carbocycles. The zero-order valence-corrected chi connectivity index (χ0v) is 13.8. The SMILES string of the molecule is O=C(CCc1nnc(-c2cccnc2)o1)NCc1ccc2c(c1)OCO2. The molecule has 1 aliphatic rings. The number of fused-ring (bicyclic) bond motifs is 1. The van der Waals surface area contributed by atoms with Crippen LogP contribution >= 0.6 is 0 Å². The summed E-state index contributed by atoms with van der Waals surface area (Å²) in [6.07, 6.45) is 3.96. The van der Waals surface area contributed by atoms with Crippen LogP contribution in [0, 0.1) is 0 Å². The fourth-order valence-corrected chi connectivity index (χ4v) is 2.52. The number of hydrogen-bond donors (Lipinski definition) is 1. The zero-order valence-electron chi connectivity index (χ0n) is 13.8. The first-order chi connectivity index (χ1) is 12.8. The van der Waals surface area contributed by atoms with Crippen LogP contribution < -0.4 is 14.8 Å². The molecule has 0 spiro atoms. The van der Waals surface area contributed by atoms with Crippen molar-refractivity contribution in [1.29, 1.82) is 0 Å². The summed E-state index contributed by atoms with van der Waals surface area (Å²) in [7, 11) is 0. The van der Waals surface area contributed by atoms with Gasteiger partial charge in [-0.25, -0.2) is 0 Å². The highest BCUT2D eigenvalue weighted by molar-refractivity contribution is 5.76. The molecular weight excluding hydrogens is 336 g/mol. The molecule has 0 aliphatic carbocycles. The number of carbonyl (C=O) groups excluding carboxylic acids is 1. The lowest BCUT2D eigenvalue weighted by Crippen LogP contribution is -2.23. The number of nitrogens with zero attached hydrogens (tertiary/aromatic N) is 3. The van der Waals surface area contributed by atoms with Crippen molar-refractivity contribution in [3.8, 4) is 23.0 Å². The highest BCUT2D eigenvalue weighted by atomic mass is 16.7. The molecule has 8 heteroatoms. The molecule has 1 aliphatic heterocycles. The van der Waals surface area contributed by atoms with Gasteiger partial charge >= 0.3 is 0 Å². The van der Waals surface area contributed by atoms with Gasteiger partial charge in [-0.2, -0.15) is 0 Å². The van der Waals surface area contributed by atoms with Gasteiger partial charge in [0, 0.05) is 31.8 Å². The summed E-state index contributed by atoms with van der Waals surface area (Å²) < 4.78 is 16.1. The monoisotopic (exact) mass is 352 g/mol. The zero-order chi connectivity index (χ0) is 17.8. The van der Waals surface area contributed by atoms with E-state index in [-0.39, 0.29) is 19.1 Å². The van der Waals surface area contributed by atoms with Crippen LogP contribution in [-0.4, -0.2) is 27.9 Å². The first-order valence-corrected chi connectivity index (χ1v) is 8.16. The van der Waals surface area contributed by atoms with Crippen LogP contribution in [0.2, 0.25) is 0 Å². The van der Waals surface area contributed by atoms with Gasteiger partial charge in [0.15, 0.2) is 11.5 Å². The van der Waals surface area contributed by atoms with E-state index < -0.39 is 0 Å². The number of pyridine rings is 1. The van der Waals surface area contributed by atoms with Gasteiger partial charge in [-0.05, 0) is 29.8 Å². The third-order valence-corrected chi connectivity index (χ3v) is 3.87. The Labute approximate surface area is 149 Å². The van der Waals surface area contributed by atoms with Crippen molar-refractivity contribution in [2.24, 2.45) is 0 Å². The minimum Gasteiger partial charge on any atom is -0.454 e. The Morgan fingerprint density at radius 1 is 1.15 bits per heavy atom. The number of amides is 1. The number of hydrogen-bond acceptors (Lipinski definition) is 7. The van der Waals surface area contributed by atoms with E-state index in [1.54, 1.807) is 18.5 Å². The van der Waals surface area contributed by atoms with Crippen molar-refractivity contribution in [3.05, 3.63) is 54.2 Å². The van der Waals surface area contributed by atoms with Gasteiger partial charge in [-0.15, -0.1) is 10.2 Å². The summed E-state index contributed by atoms with van der Waals surface area (Å²) in [6.45, 7) is 0.649. The van der Waals surface area contributed by atoms with E-state index in [0.717, 1.165) is 16.9 Å². The number of nitrogens with one attached hydrogen (secondary N) is 1. The maximum atomic E-state index is 12.0. The number of rotatable bonds is 6. The van der Waals surface area contributed by atoms with E-state index in [4.69, 9.17) is 13.9 Å². The average Bonchev–Trinajstić information content (AvgIpc) is 3.34. The Hall–Kier alpha value is -3.42. The van der Waals surface area contributed by atoms with Crippen molar-refractivity contribution in [1.82, 2.24) is 20.5 Å². The van der Waals surface area contributed by atoms with E-state index in [2.05, 4.69) is 20.5 Å². The van der Waals surface area contributed by atoms with Crippen molar-refractivity contribution in [3.63, 3.8) is 0 Å². The van der Waals surface area contributed by atoms with Crippen molar-refractivity contribution < 1.29 is 18.7 Å². The number of aryl methyl sites for hydroxylation is 1. The van der Waals surface area contributed by atoms with E-state index in [9.17, 15) is 4.79 Å². The van der Waals surface area contributed by atoms with Gasteiger partial charge in [0.25, 0.3) is 0 Å². The van der Waals surface area contributed by atoms with Gasteiger partial charge in [0.1, 0.15) is 0 Å². The predicted octanol–water partition coefficient (Wildman–Crippen LogP) is 2.11. The number of benzene rings is 1. The predicted molar refractivity (Wildman–Crippen MR) is 90.3 cm³/mol. The lowest BCUT2D eigenvalue weighted by molar-refractivity contribution is -0.121. The Balaban J connectivity index is 1.27. The quantitative estimate of drug-likeness (QED) is 0.725. The van der Waals surface area contributed by atoms with E-state index in [1.807, 2.05) is 24.3 Å². The fraction of sp³-hybridized carbons (Fsp3) is 0.222. The molecule has 132 valence electrons. The van der Waals surface area contributed by atoms with E-state index >= 15 is 0 Å². The van der Waals surface area contributed by atoms with Crippen LogP contribution in [-0.2, 0) is 17.8 Å². The van der Waals surface area contributed by atoms with Gasteiger partial charge in [-0.3, -0.25) is 9.78 Å². The smallest absolute Gasteiger partial charge is 0.249 e. The van der Waals surface area contributed by atoms with Crippen molar-refractivity contribution >= 4 is 5.91 Å². The summed E-state index contributed by atoms with van der Waals surface area (Å²) in [6, 6.07) is 9.22. The lowest BCUT2D eigenvalue weighted by atomic mass is 10.2. The maximum absolute atomic E-state index is 12.0. The number of aromatic nitrogens is 3. The maximum Gasteiger partial charge on any atom is 0.249 e. The average molecular weight is 352 g/mol. The minimum atomic E-state index is -0.0937. The number of ether oxygens (including phenoxy) is 2. The third kappa shape index (κ3) is 3.64. The molecular formula is C18H16N4O4. The van der Waals surface area contributed by atoms with Crippen LogP contribution in [0.15, 0.2) is 47.1 Å². The largest absolute Gasteiger partial charge is 0.454 e. The van der Waals surface area contributed by atoms with Gasteiger partial charge < -0.3 is 19.2 Å². The second kappa shape index (κ2) is 7.22. The number of carbonyl (C=O) groups is 1. The highest BCUT2D eigenvalue weighted by Crippen LogP contribution is 2.32. The lowest BCUT2D eigenvalue weighted by Gasteiger charge is -2.05. The van der Waals surface area contributed by atoms with Crippen LogP contribution in [0.5, 0.6) is 11.5 Å². The molecule has 8 nitrogen and oxygen atoms in total. The molecule has 0 bridgehead atoms. The molecule has 3 heterocycles. The van der Waals surface area contributed by atoms with Gasteiger partial charge in [0.05, 0.1) is 5.56 Å². The molecule has 3 aromatic rings. The second-order valence-corrected chi connectivity index (χ2v) is 5.71. The molecule has 4 rings (SSSR count). The third-order valence-electron chi connectivity index (χ3n) is 3.87. The molecule has 0 saturated carbocycles. The standard InChI is InChI=1S/C18H16N4O4/c23-16(20-9-12-3-4-14-15(8-12)25-11-24-14)5-6-17-21-22-18(26-17)13-2-1-7-19-10-13/h1-4,7-8,10H,5-6,9,11H2,(H,20,23). The summed E-state index contributed by atoms with van der Waals surface area (Å²) in [5.74, 6) is 2.14. The van der Waals surface area contributed by atoms with Crippen LogP contribution in [0.25, 0.3) is 11.5 Å². The fourth-order valence-electron chi connectivity index (χ4n) is 2.52. The van der Waals surface area contributed by atoms with E-state index in [0.29, 0.717) is 30.5 Å². The Bertz CT molecular complexity index is 911. The molecule has 26 heavy (non-hydrogen) atoms. The molecule has 1 N–H and O–H groups in total. The molecule has 0 unspecified atom stereocenters. The van der Waals surface area contributed by atoms with Gasteiger partial charge in [-0.1, -0.05) is 6.07 Å².